The first-order valence-corrected chi connectivity index (χ1v) is 10.7. The number of fused-ring (bicyclic) bond motifs is 1. The Morgan fingerprint density at radius 2 is 1.69 bits per heavy atom. The zero-order valence-electron chi connectivity index (χ0n) is 18.9. The Kier molecular flexibility index (Phi) is 5.88. The monoisotopic (exact) mass is 436 g/mol. The minimum Gasteiger partial charge on any atom is -0.805 e. The predicted molar refractivity (Wildman–Crippen MR) is 124 cm³/mol. The summed E-state index contributed by atoms with van der Waals surface area (Å²) >= 11 is 0. The average molecular weight is 437 g/mol. The van der Waals surface area contributed by atoms with Crippen LogP contribution in [0.5, 0.6) is 5.75 Å². The number of ether oxygens (including phenoxy) is 1. The minimum atomic E-state index is -0.406. The molecule has 0 amide bonds. The molecule has 0 saturated carbocycles. The molecule has 32 heavy (non-hydrogen) atoms. The Morgan fingerprint density at radius 3 is 2.28 bits per heavy atom. The Morgan fingerprint density at radius 1 is 1.06 bits per heavy atom. The van der Waals surface area contributed by atoms with Gasteiger partial charge in [0.2, 0.25) is 5.78 Å². The molecule has 0 bridgehead atoms. The number of hydrogen-bond donors (Lipinski definition) is 0. The lowest BCUT2D eigenvalue weighted by Gasteiger charge is -2.36. The van der Waals surface area contributed by atoms with Gasteiger partial charge < -0.3 is 19.6 Å². The molecule has 0 N–H and O–H groups in total. The number of carbonyl (C=O) groups is 1. The molecule has 4 rings (SSSR count). The lowest BCUT2D eigenvalue weighted by Crippen LogP contribution is -2.46. The standard InChI is InChI=1S/C24H28N4O4/c1-16-13-21-22(14-17(16)2)28(31)24(18(3)29)23(27(21)30)15-25-9-11-26(12-10-25)19-5-7-20(32-4)8-6-19/h5-8,13-14H,9-12,15H2,1-4H3. The van der Waals surface area contributed by atoms with Gasteiger partial charge in [0.1, 0.15) is 17.0 Å². The van der Waals surface area contributed by atoms with E-state index in [2.05, 4.69) is 9.80 Å². The lowest BCUT2D eigenvalue weighted by atomic mass is 10.1. The summed E-state index contributed by atoms with van der Waals surface area (Å²) < 4.78 is 6.62. The summed E-state index contributed by atoms with van der Waals surface area (Å²) in [6.45, 7) is 8.37. The van der Waals surface area contributed by atoms with E-state index in [1.54, 1.807) is 19.2 Å². The first-order valence-electron chi connectivity index (χ1n) is 10.7. The molecule has 168 valence electrons. The molecule has 2 aromatic carbocycles. The van der Waals surface area contributed by atoms with Gasteiger partial charge in [0.05, 0.1) is 11.5 Å². The number of benzene rings is 2. The zero-order valence-corrected chi connectivity index (χ0v) is 18.9. The van der Waals surface area contributed by atoms with E-state index < -0.39 is 5.78 Å². The fraction of sp³-hybridized carbons (Fsp3) is 0.375. The molecule has 0 atom stereocenters. The van der Waals surface area contributed by atoms with Gasteiger partial charge >= 0.3 is 5.69 Å². The van der Waals surface area contributed by atoms with E-state index in [4.69, 9.17) is 4.74 Å². The highest BCUT2D eigenvalue weighted by Crippen LogP contribution is 2.23. The highest BCUT2D eigenvalue weighted by molar-refractivity contribution is 5.93. The van der Waals surface area contributed by atoms with Gasteiger partial charge in [0.25, 0.3) is 5.52 Å². The summed E-state index contributed by atoms with van der Waals surface area (Å²) in [4.78, 5) is 29.8. The number of carbonyl (C=O) groups excluding carboxylic acids is 1. The summed E-state index contributed by atoms with van der Waals surface area (Å²) in [5.41, 5.74) is 3.59. The van der Waals surface area contributed by atoms with Crippen molar-refractivity contribution in [2.75, 3.05) is 38.2 Å². The van der Waals surface area contributed by atoms with Crippen LogP contribution in [0.1, 0.15) is 34.2 Å². The maximum atomic E-state index is 13.3. The molecule has 0 aliphatic carbocycles. The maximum absolute atomic E-state index is 13.3. The predicted octanol–water partition coefficient (Wildman–Crippen LogP) is 3.05. The maximum Gasteiger partial charge on any atom is 0.326 e. The SMILES string of the molecule is COc1ccc(N2CCN(Cc3c(C(C)=O)[n+](=O)c4cc(C)c(C)cc4n3[O-])CC2)cc1. The second-order valence-electron chi connectivity index (χ2n) is 8.33. The van der Waals surface area contributed by atoms with E-state index in [1.807, 2.05) is 38.1 Å². The molecule has 0 spiro atoms. The van der Waals surface area contributed by atoms with Crippen molar-refractivity contribution >= 4 is 22.5 Å². The summed E-state index contributed by atoms with van der Waals surface area (Å²) in [5, 5.41) is 13.3. The number of hydrogen-bond acceptors (Lipinski definition) is 6. The van der Waals surface area contributed by atoms with Crippen molar-refractivity contribution in [3.05, 3.63) is 69.0 Å². The van der Waals surface area contributed by atoms with Gasteiger partial charge in [-0.2, -0.15) is 0 Å². The number of nitrogens with zero attached hydrogens (tertiary/aromatic N) is 4. The van der Waals surface area contributed by atoms with Gasteiger partial charge in [-0.3, -0.25) is 9.69 Å². The van der Waals surface area contributed by atoms with E-state index in [9.17, 15) is 14.9 Å². The molecule has 1 saturated heterocycles. The largest absolute Gasteiger partial charge is 0.805 e. The molecule has 1 aromatic heterocycles. The highest BCUT2D eigenvalue weighted by Gasteiger charge is 2.29. The van der Waals surface area contributed by atoms with Crippen molar-refractivity contribution in [3.63, 3.8) is 0 Å². The number of anilines is 1. The van der Waals surface area contributed by atoms with Crippen LogP contribution in [0.25, 0.3) is 11.0 Å². The third-order valence-corrected chi connectivity index (χ3v) is 6.27. The van der Waals surface area contributed by atoms with Gasteiger partial charge in [-0.25, -0.2) is 0 Å². The molecule has 1 aliphatic rings. The Labute approximate surface area is 186 Å². The van der Waals surface area contributed by atoms with Gasteiger partial charge in [-0.1, -0.05) is 0 Å². The van der Waals surface area contributed by atoms with Crippen LogP contribution in [0.4, 0.5) is 5.69 Å². The lowest BCUT2D eigenvalue weighted by molar-refractivity contribution is -0.468. The van der Waals surface area contributed by atoms with Gasteiger partial charge in [0, 0.05) is 56.3 Å². The van der Waals surface area contributed by atoms with Crippen LogP contribution in [-0.4, -0.2) is 48.7 Å². The van der Waals surface area contributed by atoms with Crippen LogP contribution in [-0.2, 0) is 6.54 Å². The van der Waals surface area contributed by atoms with Gasteiger partial charge in [0.15, 0.2) is 0 Å². The molecule has 2 heterocycles. The second kappa shape index (κ2) is 8.63. The molecule has 0 unspecified atom stereocenters. The number of methoxy groups -OCH3 is 1. The van der Waals surface area contributed by atoms with Crippen LogP contribution in [0.3, 0.4) is 0 Å². The smallest absolute Gasteiger partial charge is 0.326 e. The summed E-state index contributed by atoms with van der Waals surface area (Å²) in [6.07, 6.45) is 0. The van der Waals surface area contributed by atoms with Crippen molar-refractivity contribution < 1.29 is 14.0 Å². The van der Waals surface area contributed by atoms with E-state index in [0.29, 0.717) is 23.0 Å². The van der Waals surface area contributed by atoms with E-state index in [0.717, 1.165) is 40.4 Å². The van der Waals surface area contributed by atoms with Crippen molar-refractivity contribution in [3.8, 4) is 5.75 Å². The molecule has 3 aromatic rings. The van der Waals surface area contributed by atoms with Crippen molar-refractivity contribution in [2.45, 2.75) is 27.3 Å². The van der Waals surface area contributed by atoms with Crippen molar-refractivity contribution in [1.82, 2.24) is 9.63 Å². The number of ketones is 1. The van der Waals surface area contributed by atoms with Gasteiger partial charge in [-0.15, -0.1) is 0 Å². The number of Topliss-reactive ketones (excluding diaryl/α,β-unsaturated/α-hetero) is 1. The van der Waals surface area contributed by atoms with E-state index in [1.165, 1.54) is 6.92 Å². The van der Waals surface area contributed by atoms with Crippen LogP contribution in [0.2, 0.25) is 0 Å². The summed E-state index contributed by atoms with van der Waals surface area (Å²) in [7, 11) is 1.65. The number of aryl methyl sites for hydroxylation is 2. The second-order valence-corrected chi connectivity index (χ2v) is 8.33. The number of piperazine rings is 1. The van der Waals surface area contributed by atoms with Crippen molar-refractivity contribution in [1.29, 1.82) is 0 Å². The number of rotatable bonds is 5. The van der Waals surface area contributed by atoms with Crippen LogP contribution in [0.15, 0.2) is 36.4 Å². The quantitative estimate of drug-likeness (QED) is 0.452. The molecule has 8 nitrogen and oxygen atoms in total. The Bertz CT molecular complexity index is 1230. The Hall–Kier alpha value is -3.39. The zero-order chi connectivity index (χ0) is 23.0. The molecular weight excluding hydrogens is 408 g/mol. The number of aromatic nitrogens is 2. The third-order valence-electron chi connectivity index (χ3n) is 6.27. The van der Waals surface area contributed by atoms with Crippen LogP contribution in [0, 0.1) is 24.0 Å². The van der Waals surface area contributed by atoms with E-state index >= 15 is 0 Å². The fourth-order valence-electron chi connectivity index (χ4n) is 4.24. The fourth-order valence-corrected chi connectivity index (χ4v) is 4.24. The molecule has 1 fully saturated rings. The van der Waals surface area contributed by atoms with Crippen molar-refractivity contribution in [2.24, 2.45) is 0 Å². The van der Waals surface area contributed by atoms with Gasteiger partial charge in [-0.05, 0) is 55.3 Å². The first kappa shape index (κ1) is 21.8. The topological polar surface area (TPSA) is 83.7 Å². The van der Waals surface area contributed by atoms with Crippen LogP contribution >= 0.6 is 0 Å². The molecule has 1 aliphatic heterocycles. The molecule has 0 radical (unpaired) electrons. The molecule has 8 heteroatoms. The summed E-state index contributed by atoms with van der Waals surface area (Å²) in [6, 6.07) is 11.3. The minimum absolute atomic E-state index is 0.0756. The summed E-state index contributed by atoms with van der Waals surface area (Å²) in [5.74, 6) is 0.411. The Balaban J connectivity index is 1.61. The highest BCUT2D eigenvalue weighted by atomic mass is 16.5. The third kappa shape index (κ3) is 3.93. The van der Waals surface area contributed by atoms with Crippen LogP contribution < -0.4 is 14.1 Å². The average Bonchev–Trinajstić information content (AvgIpc) is 2.79. The first-order chi connectivity index (χ1) is 15.3. The normalized spacial score (nSPS) is 14.7. The molecular formula is C24H28N4O4. The van der Waals surface area contributed by atoms with E-state index in [-0.39, 0.29) is 23.4 Å².